The van der Waals surface area contributed by atoms with Crippen molar-refractivity contribution in [3.05, 3.63) is 29.7 Å². The van der Waals surface area contributed by atoms with E-state index < -0.39 is 0 Å². The van der Waals surface area contributed by atoms with Gasteiger partial charge >= 0.3 is 0 Å². The van der Waals surface area contributed by atoms with Crippen LogP contribution in [0.3, 0.4) is 0 Å². The van der Waals surface area contributed by atoms with Crippen LogP contribution in [-0.4, -0.2) is 17.9 Å². The van der Waals surface area contributed by atoms with Gasteiger partial charge in [-0.25, -0.2) is 10.4 Å². The molecule has 0 aliphatic carbocycles. The number of carbonyl (C=O) groups is 1. The predicted molar refractivity (Wildman–Crippen MR) is 59.7 cm³/mol. The summed E-state index contributed by atoms with van der Waals surface area (Å²) in [5.74, 6) is 0.550. The summed E-state index contributed by atoms with van der Waals surface area (Å²) in [5.41, 5.74) is 7.55. The minimum Gasteiger partial charge on any atom is -0.441 e. The van der Waals surface area contributed by atoms with Crippen molar-refractivity contribution in [2.24, 2.45) is 0 Å². The van der Waals surface area contributed by atoms with E-state index in [9.17, 15) is 4.79 Å². The number of nitrogens with one attached hydrogen (secondary N) is 2. The first-order chi connectivity index (χ1) is 7.69. The molecule has 5 heteroatoms. The maximum atomic E-state index is 11.3. The predicted octanol–water partition coefficient (Wildman–Crippen LogP) is 0.929. The van der Waals surface area contributed by atoms with Crippen LogP contribution in [0.25, 0.3) is 11.1 Å². The lowest BCUT2D eigenvalue weighted by molar-refractivity contribution is -0.121. The molecule has 0 radical (unpaired) electrons. The molecule has 84 valence electrons. The first-order valence-electron chi connectivity index (χ1n) is 5.00. The number of fused-ring (bicyclic) bond motifs is 1. The van der Waals surface area contributed by atoms with Gasteiger partial charge in [-0.1, -0.05) is 6.07 Å². The number of benzene rings is 1. The van der Waals surface area contributed by atoms with Crippen LogP contribution in [0.15, 0.2) is 22.6 Å². The highest BCUT2D eigenvalue weighted by molar-refractivity contribution is 5.80. The molecule has 0 aliphatic rings. The summed E-state index contributed by atoms with van der Waals surface area (Å²) in [5, 5.41) is 0. The molecule has 2 aromatic rings. The second kappa shape index (κ2) is 4.32. The van der Waals surface area contributed by atoms with Crippen molar-refractivity contribution in [3.8, 4) is 0 Å². The fourth-order valence-electron chi connectivity index (χ4n) is 1.57. The smallest absolute Gasteiger partial charge is 0.238 e. The van der Waals surface area contributed by atoms with Crippen LogP contribution in [0, 0.1) is 6.92 Å². The highest BCUT2D eigenvalue weighted by atomic mass is 16.3. The van der Waals surface area contributed by atoms with Crippen LogP contribution in [-0.2, 0) is 11.2 Å². The van der Waals surface area contributed by atoms with E-state index in [4.69, 9.17) is 4.42 Å². The lowest BCUT2D eigenvalue weighted by atomic mass is 10.1. The summed E-state index contributed by atoms with van der Waals surface area (Å²) in [6.07, 6.45) is 0.322. The topological polar surface area (TPSA) is 67.2 Å². The SMILES string of the molecule is CNNC(=O)Cc1ccc2oc(C)nc2c1. The summed E-state index contributed by atoms with van der Waals surface area (Å²) >= 11 is 0. The van der Waals surface area contributed by atoms with Crippen LogP contribution in [0.5, 0.6) is 0 Å². The lowest BCUT2D eigenvalue weighted by Gasteiger charge is -2.02. The van der Waals surface area contributed by atoms with Gasteiger partial charge in [0.1, 0.15) is 5.52 Å². The maximum absolute atomic E-state index is 11.3. The molecule has 1 amide bonds. The summed E-state index contributed by atoms with van der Waals surface area (Å²) in [7, 11) is 1.65. The Hall–Kier alpha value is -1.88. The number of oxazole rings is 1. The Labute approximate surface area is 92.8 Å². The summed E-state index contributed by atoms with van der Waals surface area (Å²) in [4.78, 5) is 15.5. The van der Waals surface area contributed by atoms with Crippen LogP contribution in [0.2, 0.25) is 0 Å². The average molecular weight is 219 g/mol. The number of aromatic nitrogens is 1. The van der Waals surface area contributed by atoms with Gasteiger partial charge in [0.05, 0.1) is 6.42 Å². The van der Waals surface area contributed by atoms with Crippen molar-refractivity contribution in [1.29, 1.82) is 0 Å². The Morgan fingerprint density at radius 2 is 2.31 bits per heavy atom. The molecular weight excluding hydrogens is 206 g/mol. The second-order valence-electron chi connectivity index (χ2n) is 3.51. The van der Waals surface area contributed by atoms with Crippen LogP contribution < -0.4 is 10.9 Å². The van der Waals surface area contributed by atoms with Crippen molar-refractivity contribution < 1.29 is 9.21 Å². The molecule has 1 heterocycles. The van der Waals surface area contributed by atoms with Crippen molar-refractivity contribution in [3.63, 3.8) is 0 Å². The molecule has 2 N–H and O–H groups in total. The number of rotatable bonds is 3. The molecule has 0 aliphatic heterocycles. The summed E-state index contributed by atoms with van der Waals surface area (Å²) < 4.78 is 5.35. The van der Waals surface area contributed by atoms with E-state index in [2.05, 4.69) is 15.8 Å². The largest absolute Gasteiger partial charge is 0.441 e. The van der Waals surface area contributed by atoms with E-state index in [1.807, 2.05) is 18.2 Å². The molecule has 1 aromatic carbocycles. The zero-order chi connectivity index (χ0) is 11.5. The molecule has 0 fully saturated rings. The van der Waals surface area contributed by atoms with Crippen LogP contribution in [0.4, 0.5) is 0 Å². The molecule has 0 spiro atoms. The van der Waals surface area contributed by atoms with Gasteiger partial charge in [-0.3, -0.25) is 10.2 Å². The van der Waals surface area contributed by atoms with E-state index in [0.717, 1.165) is 16.7 Å². The Kier molecular flexibility index (Phi) is 2.87. The molecule has 0 saturated heterocycles. The van der Waals surface area contributed by atoms with E-state index >= 15 is 0 Å². The first kappa shape index (κ1) is 10.6. The van der Waals surface area contributed by atoms with Gasteiger partial charge < -0.3 is 4.42 Å². The standard InChI is InChI=1S/C11H13N3O2/c1-7-13-9-5-8(3-4-10(9)16-7)6-11(15)14-12-2/h3-5,12H,6H2,1-2H3,(H,14,15). The molecule has 0 bridgehead atoms. The Bertz CT molecular complexity index is 519. The lowest BCUT2D eigenvalue weighted by Crippen LogP contribution is -2.35. The van der Waals surface area contributed by atoms with E-state index in [0.29, 0.717) is 12.3 Å². The third-order valence-electron chi connectivity index (χ3n) is 2.19. The third-order valence-corrected chi connectivity index (χ3v) is 2.19. The summed E-state index contributed by atoms with van der Waals surface area (Å²) in [6, 6.07) is 5.56. The van der Waals surface area contributed by atoms with Gasteiger partial charge in [0, 0.05) is 14.0 Å². The number of hydrazine groups is 1. The van der Waals surface area contributed by atoms with Crippen LogP contribution >= 0.6 is 0 Å². The number of nitrogens with zero attached hydrogens (tertiary/aromatic N) is 1. The van der Waals surface area contributed by atoms with E-state index in [1.54, 1.807) is 14.0 Å². The van der Waals surface area contributed by atoms with Crippen molar-refractivity contribution in [2.45, 2.75) is 13.3 Å². The Balaban J connectivity index is 2.22. The number of hydrogen-bond acceptors (Lipinski definition) is 4. The van der Waals surface area contributed by atoms with E-state index in [1.165, 1.54) is 0 Å². The van der Waals surface area contributed by atoms with Gasteiger partial charge in [-0.15, -0.1) is 0 Å². The minimum atomic E-state index is -0.0814. The molecule has 16 heavy (non-hydrogen) atoms. The Morgan fingerprint density at radius 3 is 3.06 bits per heavy atom. The third kappa shape index (κ3) is 2.20. The molecule has 2 rings (SSSR count). The fourth-order valence-corrected chi connectivity index (χ4v) is 1.57. The second-order valence-corrected chi connectivity index (χ2v) is 3.51. The molecule has 5 nitrogen and oxygen atoms in total. The molecule has 0 saturated carbocycles. The zero-order valence-electron chi connectivity index (χ0n) is 9.20. The van der Waals surface area contributed by atoms with Gasteiger partial charge in [0.15, 0.2) is 11.5 Å². The summed E-state index contributed by atoms with van der Waals surface area (Å²) in [6.45, 7) is 1.80. The number of hydrogen-bond donors (Lipinski definition) is 2. The first-order valence-corrected chi connectivity index (χ1v) is 5.00. The maximum Gasteiger partial charge on any atom is 0.238 e. The van der Waals surface area contributed by atoms with Crippen LogP contribution in [0.1, 0.15) is 11.5 Å². The van der Waals surface area contributed by atoms with Gasteiger partial charge in [-0.2, -0.15) is 0 Å². The minimum absolute atomic E-state index is 0.0814. The zero-order valence-corrected chi connectivity index (χ0v) is 9.20. The molecule has 0 atom stereocenters. The van der Waals surface area contributed by atoms with Gasteiger partial charge in [-0.05, 0) is 17.7 Å². The normalized spacial score (nSPS) is 10.6. The monoisotopic (exact) mass is 219 g/mol. The van der Waals surface area contributed by atoms with Gasteiger partial charge in [0.25, 0.3) is 0 Å². The van der Waals surface area contributed by atoms with Crippen molar-refractivity contribution in [1.82, 2.24) is 15.8 Å². The van der Waals surface area contributed by atoms with E-state index in [-0.39, 0.29) is 5.91 Å². The highest BCUT2D eigenvalue weighted by Gasteiger charge is 2.06. The van der Waals surface area contributed by atoms with Gasteiger partial charge in [0.2, 0.25) is 5.91 Å². The average Bonchev–Trinajstić information content (AvgIpc) is 2.57. The fraction of sp³-hybridized carbons (Fsp3) is 0.273. The molecule has 1 aromatic heterocycles. The molecule has 0 unspecified atom stereocenters. The molecular formula is C11H13N3O2. The van der Waals surface area contributed by atoms with Crippen molar-refractivity contribution in [2.75, 3.05) is 7.05 Å². The number of amides is 1. The Morgan fingerprint density at radius 1 is 1.50 bits per heavy atom. The quantitative estimate of drug-likeness (QED) is 0.753. The number of carbonyl (C=O) groups excluding carboxylic acids is 1. The number of aryl methyl sites for hydroxylation is 1. The van der Waals surface area contributed by atoms with Crippen molar-refractivity contribution >= 4 is 17.0 Å². The highest BCUT2D eigenvalue weighted by Crippen LogP contribution is 2.16.